The van der Waals surface area contributed by atoms with Crippen molar-refractivity contribution in [1.82, 2.24) is 19.5 Å². The van der Waals surface area contributed by atoms with Crippen LogP contribution in [0.25, 0.3) is 93.0 Å². The van der Waals surface area contributed by atoms with Crippen molar-refractivity contribution >= 4 is 53.3 Å². The predicted molar refractivity (Wildman–Crippen MR) is 209 cm³/mol. The smallest absolute Gasteiger partial charge is 0.165 e. The van der Waals surface area contributed by atoms with E-state index >= 15 is 0 Å². The maximum atomic E-state index is 6.36. The molecule has 0 unspecified atom stereocenters. The Morgan fingerprint density at radius 2 is 1.02 bits per heavy atom. The highest BCUT2D eigenvalue weighted by atomic mass is 32.1. The van der Waals surface area contributed by atoms with Gasteiger partial charge in [-0.1, -0.05) is 121 Å². The Balaban J connectivity index is 1.11. The van der Waals surface area contributed by atoms with E-state index in [4.69, 9.17) is 19.7 Å². The molecule has 4 heterocycles. The van der Waals surface area contributed by atoms with Crippen molar-refractivity contribution in [3.63, 3.8) is 0 Å². The molecule has 0 saturated carbocycles. The van der Waals surface area contributed by atoms with Crippen molar-refractivity contribution in [2.75, 3.05) is 0 Å². The summed E-state index contributed by atoms with van der Waals surface area (Å²) in [5.41, 5.74) is 8.63. The topological polar surface area (TPSA) is 52.8 Å². The van der Waals surface area contributed by atoms with Gasteiger partial charge in [-0.05, 0) is 47.5 Å². The summed E-state index contributed by atoms with van der Waals surface area (Å²) in [4.78, 5) is 15.1. The lowest BCUT2D eigenvalue weighted by Crippen LogP contribution is -2.03. The highest BCUT2D eigenvalue weighted by Crippen LogP contribution is 2.47. The van der Waals surface area contributed by atoms with Gasteiger partial charge in [0.2, 0.25) is 0 Å². The first-order valence-corrected chi connectivity index (χ1v) is 17.8. The maximum Gasteiger partial charge on any atom is 0.165 e. The molecule has 7 aromatic carbocycles. The molecule has 5 nitrogen and oxygen atoms in total. The third-order valence-corrected chi connectivity index (χ3v) is 11.1. The number of ether oxygens (including phenoxy) is 1. The number of fused-ring (bicyclic) bond motifs is 8. The van der Waals surface area contributed by atoms with Crippen molar-refractivity contribution in [3.05, 3.63) is 158 Å². The van der Waals surface area contributed by atoms with Crippen LogP contribution < -0.4 is 4.74 Å². The third-order valence-electron chi connectivity index (χ3n) is 9.85. The second-order valence-electron chi connectivity index (χ2n) is 12.8. The molecule has 0 N–H and O–H groups in total. The third kappa shape index (κ3) is 4.30. The van der Waals surface area contributed by atoms with E-state index < -0.39 is 0 Å². The zero-order valence-electron chi connectivity index (χ0n) is 27.1. The molecule has 0 radical (unpaired) electrons. The summed E-state index contributed by atoms with van der Waals surface area (Å²) in [6.07, 6.45) is 0. The first-order chi connectivity index (χ1) is 25.3. The van der Waals surface area contributed by atoms with E-state index in [0.29, 0.717) is 17.5 Å². The molecule has 3 aromatic heterocycles. The van der Waals surface area contributed by atoms with E-state index in [1.807, 2.05) is 72.8 Å². The average Bonchev–Trinajstić information content (AvgIpc) is 3.75. The number of rotatable bonds is 4. The minimum Gasteiger partial charge on any atom is -0.453 e. The van der Waals surface area contributed by atoms with Crippen LogP contribution in [0.5, 0.6) is 11.5 Å². The summed E-state index contributed by atoms with van der Waals surface area (Å²) in [5.74, 6) is 3.73. The Bertz CT molecular complexity index is 2940. The zero-order chi connectivity index (χ0) is 33.5. The van der Waals surface area contributed by atoms with Gasteiger partial charge in [-0.25, -0.2) is 15.0 Å². The quantitative estimate of drug-likeness (QED) is 0.187. The number of thiophene rings is 1. The SMILES string of the molecule is c1ccc(-c2nc(-c3ccccc3)nc(-c3cccc4c3sc3c(-c5ccc6c(c5)c5cccc7c5n6-c5ccccc5O7)cccc34)n2)cc1. The standard InChI is InChI=1S/C45H26N4OS/c1-3-12-27(13-4-1)43-46-44(28-14-5-2-6-15-28)48-45(47-43)34-20-10-19-33-32-18-9-16-30(41(32)51-42(33)34)29-24-25-36-35(26-29)31-17-11-23-39-40(31)49(36)37-21-7-8-22-38(37)50-39/h1-26H. The summed E-state index contributed by atoms with van der Waals surface area (Å²) in [6, 6.07) is 54.8. The zero-order valence-corrected chi connectivity index (χ0v) is 27.9. The molecule has 238 valence electrons. The molecule has 0 atom stereocenters. The summed E-state index contributed by atoms with van der Waals surface area (Å²) < 4.78 is 11.1. The van der Waals surface area contributed by atoms with E-state index in [0.717, 1.165) is 44.1 Å². The molecule has 0 aliphatic carbocycles. The van der Waals surface area contributed by atoms with Crippen molar-refractivity contribution in [1.29, 1.82) is 0 Å². The van der Waals surface area contributed by atoms with Crippen LogP contribution >= 0.6 is 11.3 Å². The summed E-state index contributed by atoms with van der Waals surface area (Å²) in [7, 11) is 0. The van der Waals surface area contributed by atoms with E-state index in [1.54, 1.807) is 11.3 Å². The lowest BCUT2D eigenvalue weighted by molar-refractivity contribution is 0.476. The number of hydrogen-bond donors (Lipinski definition) is 0. The summed E-state index contributed by atoms with van der Waals surface area (Å²) in [6.45, 7) is 0. The number of aromatic nitrogens is 4. The van der Waals surface area contributed by atoms with Gasteiger partial charge in [0.1, 0.15) is 0 Å². The highest BCUT2D eigenvalue weighted by molar-refractivity contribution is 7.26. The number of nitrogens with zero attached hydrogens (tertiary/aromatic N) is 4. The fourth-order valence-electron chi connectivity index (χ4n) is 7.54. The Labute approximate surface area is 296 Å². The normalized spacial score (nSPS) is 12.1. The molecule has 0 bridgehead atoms. The molecule has 1 aliphatic heterocycles. The second-order valence-corrected chi connectivity index (χ2v) is 13.8. The average molecular weight is 671 g/mol. The van der Waals surface area contributed by atoms with E-state index in [-0.39, 0.29) is 0 Å². The Morgan fingerprint density at radius 1 is 0.431 bits per heavy atom. The van der Waals surface area contributed by atoms with Gasteiger partial charge < -0.3 is 9.30 Å². The van der Waals surface area contributed by atoms with Gasteiger partial charge in [-0.2, -0.15) is 0 Å². The Hall–Kier alpha value is -6.63. The Morgan fingerprint density at radius 3 is 1.76 bits per heavy atom. The molecular weight excluding hydrogens is 645 g/mol. The van der Waals surface area contributed by atoms with E-state index in [1.165, 1.54) is 42.9 Å². The molecule has 0 fully saturated rings. The van der Waals surface area contributed by atoms with Gasteiger partial charge in [-0.15, -0.1) is 11.3 Å². The molecule has 1 aliphatic rings. The van der Waals surface area contributed by atoms with E-state index in [9.17, 15) is 0 Å². The second kappa shape index (κ2) is 10.9. The van der Waals surface area contributed by atoms with Crippen LogP contribution in [0.4, 0.5) is 0 Å². The molecule has 51 heavy (non-hydrogen) atoms. The fraction of sp³-hybridized carbons (Fsp3) is 0. The molecular formula is C45H26N4OS. The number of para-hydroxylation sites is 3. The van der Waals surface area contributed by atoms with Crippen molar-refractivity contribution in [2.45, 2.75) is 0 Å². The minimum atomic E-state index is 0.658. The molecule has 10 aromatic rings. The first-order valence-electron chi connectivity index (χ1n) is 16.9. The summed E-state index contributed by atoms with van der Waals surface area (Å²) in [5, 5.41) is 4.80. The van der Waals surface area contributed by atoms with Crippen LogP contribution in [0, 0.1) is 0 Å². The number of benzene rings is 7. The summed E-state index contributed by atoms with van der Waals surface area (Å²) >= 11 is 1.80. The lowest BCUT2D eigenvalue weighted by Gasteiger charge is -2.20. The largest absolute Gasteiger partial charge is 0.453 e. The van der Waals surface area contributed by atoms with Crippen LogP contribution in [-0.2, 0) is 0 Å². The van der Waals surface area contributed by atoms with Gasteiger partial charge in [0, 0.05) is 47.6 Å². The monoisotopic (exact) mass is 670 g/mol. The van der Waals surface area contributed by atoms with E-state index in [2.05, 4.69) is 89.5 Å². The van der Waals surface area contributed by atoms with Gasteiger partial charge in [-0.3, -0.25) is 0 Å². The van der Waals surface area contributed by atoms with Crippen molar-refractivity contribution in [3.8, 4) is 62.5 Å². The highest BCUT2D eigenvalue weighted by Gasteiger charge is 2.24. The molecule has 6 heteroatoms. The molecule has 11 rings (SSSR count). The Kier molecular flexibility index (Phi) is 6.05. The van der Waals surface area contributed by atoms with Gasteiger partial charge in [0.25, 0.3) is 0 Å². The van der Waals surface area contributed by atoms with Gasteiger partial charge >= 0.3 is 0 Å². The minimum absolute atomic E-state index is 0.658. The first kappa shape index (κ1) is 28.2. The maximum absolute atomic E-state index is 6.36. The lowest BCUT2D eigenvalue weighted by atomic mass is 10.00. The predicted octanol–water partition coefficient (Wildman–Crippen LogP) is 12.1. The van der Waals surface area contributed by atoms with Crippen molar-refractivity contribution < 1.29 is 4.74 Å². The van der Waals surface area contributed by atoms with Crippen LogP contribution in [-0.4, -0.2) is 19.5 Å². The number of hydrogen-bond acceptors (Lipinski definition) is 5. The molecule has 0 amide bonds. The fourth-order valence-corrected chi connectivity index (χ4v) is 8.88. The van der Waals surface area contributed by atoms with Gasteiger partial charge in [0.15, 0.2) is 29.0 Å². The van der Waals surface area contributed by atoms with Crippen LogP contribution in [0.15, 0.2) is 158 Å². The van der Waals surface area contributed by atoms with Crippen LogP contribution in [0.1, 0.15) is 0 Å². The van der Waals surface area contributed by atoms with Gasteiger partial charge in [0.05, 0.1) is 16.7 Å². The van der Waals surface area contributed by atoms with Crippen LogP contribution in [0.2, 0.25) is 0 Å². The molecule has 0 saturated heterocycles. The molecule has 0 spiro atoms. The van der Waals surface area contributed by atoms with Crippen LogP contribution in [0.3, 0.4) is 0 Å². The van der Waals surface area contributed by atoms with Crippen molar-refractivity contribution in [2.24, 2.45) is 0 Å².